The monoisotopic (exact) mass is 548 g/mol. The lowest BCUT2D eigenvalue weighted by atomic mass is 10.1. The number of aromatic nitrogens is 4. The molecule has 0 radical (unpaired) electrons. The Morgan fingerprint density at radius 3 is 2.54 bits per heavy atom. The van der Waals surface area contributed by atoms with Gasteiger partial charge in [0.15, 0.2) is 5.65 Å². The van der Waals surface area contributed by atoms with Crippen LogP contribution in [0.3, 0.4) is 0 Å². The number of nitrogens with one attached hydrogen (secondary N) is 1. The van der Waals surface area contributed by atoms with Crippen LogP contribution in [0.2, 0.25) is 5.02 Å². The quantitative estimate of drug-likeness (QED) is 0.315. The maximum absolute atomic E-state index is 15.2. The summed E-state index contributed by atoms with van der Waals surface area (Å²) in [4.78, 5) is 18.9. The minimum atomic E-state index is -4.58. The van der Waals surface area contributed by atoms with Gasteiger partial charge in [-0.15, -0.1) is 0 Å². The third kappa shape index (κ3) is 4.44. The van der Waals surface area contributed by atoms with Crippen molar-refractivity contribution in [1.29, 1.82) is 0 Å². The van der Waals surface area contributed by atoms with Crippen LogP contribution in [0, 0.1) is 11.6 Å². The van der Waals surface area contributed by atoms with Gasteiger partial charge in [-0.2, -0.15) is 5.10 Å². The lowest BCUT2D eigenvalue weighted by molar-refractivity contribution is 0.0691. The van der Waals surface area contributed by atoms with Crippen molar-refractivity contribution in [2.75, 3.05) is 10.5 Å². The molecule has 0 atom stereocenters. The van der Waals surface area contributed by atoms with Crippen molar-refractivity contribution < 1.29 is 27.1 Å². The summed E-state index contributed by atoms with van der Waals surface area (Å²) in [7, 11) is -4.58. The van der Waals surface area contributed by atoms with E-state index in [2.05, 4.69) is 15.1 Å². The Kier molecular flexibility index (Phi) is 6.20. The molecule has 0 saturated heterocycles. The first kappa shape index (κ1) is 24.8. The second-order valence-electron chi connectivity index (χ2n) is 8.56. The number of nitrogens with two attached hydrogens (primary N) is 1. The lowest BCUT2D eigenvalue weighted by Crippen LogP contribution is -2.16. The maximum Gasteiger partial charge on any atom is 0.338 e. The Hall–Kier alpha value is -3.84. The summed E-state index contributed by atoms with van der Waals surface area (Å²) in [6.07, 6.45) is 5.29. The molecule has 2 heterocycles. The van der Waals surface area contributed by atoms with Crippen LogP contribution in [0.4, 0.5) is 20.3 Å². The molecule has 4 aromatic rings. The van der Waals surface area contributed by atoms with E-state index in [0.29, 0.717) is 34.4 Å². The number of nitrogen functional groups attached to an aromatic ring is 1. The minimum absolute atomic E-state index is 0.123. The molecule has 1 saturated carbocycles. The second kappa shape index (κ2) is 9.23. The van der Waals surface area contributed by atoms with Gasteiger partial charge in [-0.05, 0) is 37.1 Å². The van der Waals surface area contributed by atoms with Gasteiger partial charge in [-0.1, -0.05) is 30.5 Å². The fourth-order valence-electron chi connectivity index (χ4n) is 4.44. The molecule has 192 valence electrons. The Morgan fingerprint density at radius 2 is 1.86 bits per heavy atom. The first-order valence-corrected chi connectivity index (χ1v) is 13.0. The molecule has 0 bridgehead atoms. The molecular weight excluding hydrogens is 530 g/mol. The molecule has 14 heteroatoms. The number of fused-ring (bicyclic) bond motifs is 1. The zero-order valence-corrected chi connectivity index (χ0v) is 20.5. The van der Waals surface area contributed by atoms with Crippen molar-refractivity contribution in [1.82, 2.24) is 19.7 Å². The van der Waals surface area contributed by atoms with Gasteiger partial charge in [0, 0.05) is 5.56 Å². The molecular formula is C23H19ClF2N6O4S. The van der Waals surface area contributed by atoms with Gasteiger partial charge in [0.1, 0.15) is 34.4 Å². The molecule has 5 rings (SSSR count). The summed E-state index contributed by atoms with van der Waals surface area (Å²) in [6.45, 7) is 0. The number of carbonyl (C=O) groups is 1. The van der Waals surface area contributed by atoms with Gasteiger partial charge in [-0.25, -0.2) is 36.6 Å². The first-order chi connectivity index (χ1) is 17.6. The lowest BCUT2D eigenvalue weighted by Gasteiger charge is -2.12. The fourth-order valence-corrected chi connectivity index (χ4v) is 6.05. The third-order valence-electron chi connectivity index (χ3n) is 6.22. The Balaban J connectivity index is 1.53. The number of anilines is 2. The van der Waals surface area contributed by atoms with E-state index in [9.17, 15) is 17.6 Å². The molecule has 1 aliphatic rings. The molecule has 37 heavy (non-hydrogen) atoms. The van der Waals surface area contributed by atoms with Crippen LogP contribution in [0.15, 0.2) is 41.6 Å². The van der Waals surface area contributed by atoms with Crippen LogP contribution >= 0.6 is 11.6 Å². The van der Waals surface area contributed by atoms with Crippen LogP contribution in [0.1, 0.15) is 42.1 Å². The number of rotatable bonds is 6. The highest BCUT2D eigenvalue weighted by atomic mass is 35.5. The van der Waals surface area contributed by atoms with E-state index in [1.54, 1.807) is 4.68 Å². The molecule has 10 nitrogen and oxygen atoms in total. The summed E-state index contributed by atoms with van der Waals surface area (Å²) in [5.41, 5.74) is 5.96. The number of halogens is 3. The summed E-state index contributed by atoms with van der Waals surface area (Å²) >= 11 is 5.85. The topological polar surface area (TPSA) is 153 Å². The average molecular weight is 549 g/mol. The van der Waals surface area contributed by atoms with E-state index in [1.165, 1.54) is 18.5 Å². The molecule has 0 spiro atoms. The van der Waals surface area contributed by atoms with Crippen molar-refractivity contribution in [3.8, 4) is 11.3 Å². The minimum Gasteiger partial charge on any atom is -0.478 e. The molecule has 2 aromatic heterocycles. The number of hydrogen-bond acceptors (Lipinski definition) is 7. The van der Waals surface area contributed by atoms with E-state index < -0.39 is 48.8 Å². The number of hydrogen-bond donors (Lipinski definition) is 3. The van der Waals surface area contributed by atoms with Gasteiger partial charge in [0.2, 0.25) is 0 Å². The number of carboxylic acid groups (broad SMARTS) is 1. The normalized spacial score (nSPS) is 14.4. The van der Waals surface area contributed by atoms with Crippen molar-refractivity contribution in [3.63, 3.8) is 0 Å². The zero-order valence-electron chi connectivity index (χ0n) is 19.0. The SMILES string of the molecule is Nc1ncnc2c1c(-c1ccc(NS(=O)(=O)c3cc(C(=O)O)c(F)cc3Cl)c(F)c1)nn2C1CCCC1. The summed E-state index contributed by atoms with van der Waals surface area (Å²) in [5.74, 6) is -3.67. The number of sulfonamides is 1. The van der Waals surface area contributed by atoms with Crippen LogP contribution in [0.25, 0.3) is 22.3 Å². The number of carboxylic acids is 1. The Morgan fingerprint density at radius 1 is 1.14 bits per heavy atom. The van der Waals surface area contributed by atoms with Gasteiger partial charge in [-0.3, -0.25) is 4.72 Å². The molecule has 4 N–H and O–H groups in total. The molecule has 2 aromatic carbocycles. The highest BCUT2D eigenvalue weighted by molar-refractivity contribution is 7.92. The van der Waals surface area contributed by atoms with Gasteiger partial charge in [0.25, 0.3) is 10.0 Å². The Bertz CT molecular complexity index is 1670. The number of nitrogens with zero attached hydrogens (tertiary/aromatic N) is 4. The zero-order chi connectivity index (χ0) is 26.5. The Labute approximate surface area is 214 Å². The van der Waals surface area contributed by atoms with Crippen molar-refractivity contribution in [2.45, 2.75) is 36.6 Å². The van der Waals surface area contributed by atoms with Crippen LogP contribution in [-0.2, 0) is 10.0 Å². The predicted octanol–water partition coefficient (Wildman–Crippen LogP) is 4.62. The summed E-state index contributed by atoms with van der Waals surface area (Å²) in [6, 6.07) is 4.97. The highest BCUT2D eigenvalue weighted by Crippen LogP contribution is 2.37. The van der Waals surface area contributed by atoms with E-state index in [1.807, 2.05) is 4.72 Å². The van der Waals surface area contributed by atoms with Crippen LogP contribution in [0.5, 0.6) is 0 Å². The summed E-state index contributed by atoms with van der Waals surface area (Å²) < 4.78 is 58.5. The molecule has 1 fully saturated rings. The number of benzene rings is 2. The predicted molar refractivity (Wildman–Crippen MR) is 132 cm³/mol. The fraction of sp³-hybridized carbons (Fsp3) is 0.217. The van der Waals surface area contributed by atoms with Crippen LogP contribution in [-0.4, -0.2) is 39.2 Å². The van der Waals surface area contributed by atoms with Crippen molar-refractivity contribution in [2.24, 2.45) is 0 Å². The summed E-state index contributed by atoms with van der Waals surface area (Å²) in [5, 5.41) is 13.7. The molecule has 0 unspecified atom stereocenters. The van der Waals surface area contributed by atoms with Gasteiger partial charge >= 0.3 is 5.97 Å². The smallest absolute Gasteiger partial charge is 0.338 e. The van der Waals surface area contributed by atoms with Crippen LogP contribution < -0.4 is 10.5 Å². The third-order valence-corrected chi connectivity index (χ3v) is 8.05. The van der Waals surface area contributed by atoms with Gasteiger partial charge in [0.05, 0.1) is 27.7 Å². The molecule has 0 amide bonds. The van der Waals surface area contributed by atoms with Crippen molar-refractivity contribution in [3.05, 3.63) is 58.9 Å². The van der Waals surface area contributed by atoms with E-state index >= 15 is 4.39 Å². The highest BCUT2D eigenvalue weighted by Gasteiger charge is 2.27. The average Bonchev–Trinajstić information content (AvgIpc) is 3.48. The van der Waals surface area contributed by atoms with Crippen molar-refractivity contribution >= 4 is 50.1 Å². The van der Waals surface area contributed by atoms with E-state index in [-0.39, 0.29) is 11.9 Å². The second-order valence-corrected chi connectivity index (χ2v) is 10.6. The van der Waals surface area contributed by atoms with Gasteiger partial charge < -0.3 is 10.8 Å². The first-order valence-electron chi connectivity index (χ1n) is 11.1. The maximum atomic E-state index is 15.2. The standard InChI is InChI=1S/C23H19ClF2N6O4S/c24-14-9-15(25)13(23(33)34)8-18(14)37(35,36)31-17-6-5-11(7-16(17)26)20-19-21(27)28-10-29-22(19)32(30-20)12-3-1-2-4-12/h5-10,12,31H,1-4H2,(H,33,34)(H2,27,28,29). The van der Waals surface area contributed by atoms with E-state index in [4.69, 9.17) is 22.4 Å². The molecule has 1 aliphatic carbocycles. The number of aromatic carboxylic acids is 1. The largest absolute Gasteiger partial charge is 0.478 e. The van der Waals surface area contributed by atoms with E-state index in [0.717, 1.165) is 31.7 Å². The molecule has 0 aliphatic heterocycles.